The second-order valence-electron chi connectivity index (χ2n) is 6.46. The van der Waals surface area contributed by atoms with Gasteiger partial charge in [-0.15, -0.1) is 0 Å². The molecule has 3 aromatic rings. The molecule has 0 aliphatic carbocycles. The van der Waals surface area contributed by atoms with Gasteiger partial charge in [-0.25, -0.2) is 8.78 Å². The predicted molar refractivity (Wildman–Crippen MR) is 99.2 cm³/mol. The van der Waals surface area contributed by atoms with Gasteiger partial charge in [0.05, 0.1) is 0 Å². The first kappa shape index (κ1) is 19.2. The Morgan fingerprint density at radius 2 is 1.74 bits per heavy atom. The molecule has 0 radical (unpaired) electrons. The van der Waals surface area contributed by atoms with Crippen LogP contribution in [0.5, 0.6) is 5.75 Å². The quantitative estimate of drug-likeness (QED) is 0.315. The van der Waals surface area contributed by atoms with E-state index in [-0.39, 0.29) is 11.1 Å². The van der Waals surface area contributed by atoms with Gasteiger partial charge in [0, 0.05) is 10.9 Å². The van der Waals surface area contributed by atoms with E-state index in [1.807, 2.05) is 12.1 Å². The number of hydrogen-bond acceptors (Lipinski definition) is 1. The molecule has 1 nitrogen and oxygen atoms in total. The third-order valence-electron chi connectivity index (χ3n) is 4.55. The van der Waals surface area contributed by atoms with Gasteiger partial charge in [0.25, 0.3) is 0 Å². The number of rotatable bonds is 7. The first-order chi connectivity index (χ1) is 13.0. The molecule has 5 heteroatoms. The van der Waals surface area contributed by atoms with Crippen LogP contribution < -0.4 is 4.74 Å². The van der Waals surface area contributed by atoms with Crippen LogP contribution in [0, 0.1) is 11.6 Å². The lowest BCUT2D eigenvalue weighted by Crippen LogP contribution is -2.03. The SMILES string of the molecule is CCCCCc1ccc2c(F)c(-c3ccc(OC(F)F)c(F)c3)ccc2c1. The largest absolute Gasteiger partial charge is 0.432 e. The molecule has 3 rings (SSSR count). The van der Waals surface area contributed by atoms with Crippen LogP contribution in [-0.4, -0.2) is 6.61 Å². The van der Waals surface area contributed by atoms with E-state index in [2.05, 4.69) is 11.7 Å². The third-order valence-corrected chi connectivity index (χ3v) is 4.55. The van der Waals surface area contributed by atoms with Crippen molar-refractivity contribution in [3.8, 4) is 16.9 Å². The minimum Gasteiger partial charge on any atom is -0.432 e. The van der Waals surface area contributed by atoms with Gasteiger partial charge in [-0.1, -0.05) is 56.2 Å². The molecule has 0 aliphatic rings. The zero-order valence-corrected chi connectivity index (χ0v) is 14.9. The van der Waals surface area contributed by atoms with Gasteiger partial charge >= 0.3 is 6.61 Å². The summed E-state index contributed by atoms with van der Waals surface area (Å²) in [5.74, 6) is -1.99. The molecule has 0 saturated heterocycles. The zero-order chi connectivity index (χ0) is 19.4. The molecule has 0 fully saturated rings. The van der Waals surface area contributed by atoms with Crippen LogP contribution in [0.4, 0.5) is 17.6 Å². The van der Waals surface area contributed by atoms with Crippen LogP contribution >= 0.6 is 0 Å². The maximum atomic E-state index is 15.0. The van der Waals surface area contributed by atoms with Crippen molar-refractivity contribution in [2.45, 2.75) is 39.2 Å². The number of halogens is 4. The highest BCUT2D eigenvalue weighted by atomic mass is 19.3. The lowest BCUT2D eigenvalue weighted by Gasteiger charge is -2.11. The molecule has 0 bridgehead atoms. The van der Waals surface area contributed by atoms with Crippen molar-refractivity contribution in [3.63, 3.8) is 0 Å². The van der Waals surface area contributed by atoms with Gasteiger partial charge in [-0.05, 0) is 41.5 Å². The second kappa shape index (κ2) is 8.42. The molecule has 0 amide bonds. The van der Waals surface area contributed by atoms with Crippen molar-refractivity contribution in [3.05, 3.63) is 65.7 Å². The topological polar surface area (TPSA) is 9.23 Å². The molecule has 142 valence electrons. The minimum atomic E-state index is -3.12. The average Bonchev–Trinajstić information content (AvgIpc) is 2.64. The van der Waals surface area contributed by atoms with Gasteiger partial charge < -0.3 is 4.74 Å². The normalized spacial score (nSPS) is 11.3. The van der Waals surface area contributed by atoms with Gasteiger partial charge in [-0.2, -0.15) is 8.78 Å². The Kier molecular flexibility index (Phi) is 5.99. The maximum Gasteiger partial charge on any atom is 0.387 e. The van der Waals surface area contributed by atoms with Crippen LogP contribution in [0.1, 0.15) is 31.7 Å². The fourth-order valence-electron chi connectivity index (χ4n) is 3.16. The summed E-state index contributed by atoms with van der Waals surface area (Å²) < 4.78 is 57.5. The van der Waals surface area contributed by atoms with Crippen LogP contribution in [0.2, 0.25) is 0 Å². The van der Waals surface area contributed by atoms with E-state index >= 15 is 0 Å². The van der Waals surface area contributed by atoms with Gasteiger partial charge in [-0.3, -0.25) is 0 Å². The number of hydrogen-bond donors (Lipinski definition) is 0. The average molecular weight is 376 g/mol. The van der Waals surface area contributed by atoms with Gasteiger partial charge in [0.2, 0.25) is 0 Å². The fourth-order valence-corrected chi connectivity index (χ4v) is 3.16. The Morgan fingerprint density at radius 3 is 2.44 bits per heavy atom. The van der Waals surface area contributed by atoms with E-state index in [1.54, 1.807) is 18.2 Å². The third kappa shape index (κ3) is 4.41. The van der Waals surface area contributed by atoms with Crippen molar-refractivity contribution in [1.29, 1.82) is 0 Å². The predicted octanol–water partition coefficient (Wildman–Crippen LogP) is 7.12. The van der Waals surface area contributed by atoms with E-state index in [9.17, 15) is 17.6 Å². The molecule has 0 aromatic heterocycles. The highest BCUT2D eigenvalue weighted by Crippen LogP contribution is 2.32. The van der Waals surface area contributed by atoms with E-state index in [4.69, 9.17) is 0 Å². The van der Waals surface area contributed by atoms with Crippen molar-refractivity contribution < 1.29 is 22.3 Å². The first-order valence-corrected chi connectivity index (χ1v) is 8.95. The standard InChI is InChI=1S/C22H20F4O/c1-2-3-4-5-14-6-9-17-15(12-14)7-10-18(21(17)24)16-8-11-20(19(23)13-16)27-22(25)26/h6-13,22H,2-5H2,1H3. The molecular formula is C22H20F4O. The van der Waals surface area contributed by atoms with E-state index in [0.29, 0.717) is 5.39 Å². The van der Waals surface area contributed by atoms with Gasteiger partial charge in [0.15, 0.2) is 11.6 Å². The first-order valence-electron chi connectivity index (χ1n) is 8.95. The summed E-state index contributed by atoms with van der Waals surface area (Å²) in [5.41, 5.74) is 1.63. The second-order valence-corrected chi connectivity index (χ2v) is 6.46. The fraction of sp³-hybridized carbons (Fsp3) is 0.273. The molecule has 0 atom stereocenters. The molecule has 0 saturated carbocycles. The minimum absolute atomic E-state index is 0.212. The van der Waals surface area contributed by atoms with Gasteiger partial charge in [0.1, 0.15) is 5.82 Å². The Morgan fingerprint density at radius 1 is 0.926 bits per heavy atom. The lowest BCUT2D eigenvalue weighted by molar-refractivity contribution is -0.0521. The van der Waals surface area contributed by atoms with Crippen LogP contribution in [-0.2, 0) is 6.42 Å². The highest BCUT2D eigenvalue weighted by molar-refractivity contribution is 5.88. The number of fused-ring (bicyclic) bond motifs is 1. The summed E-state index contributed by atoms with van der Waals surface area (Å²) in [6.07, 6.45) is 4.34. The van der Waals surface area contributed by atoms with Crippen molar-refractivity contribution >= 4 is 10.8 Å². The zero-order valence-electron chi connectivity index (χ0n) is 14.9. The van der Waals surface area contributed by atoms with Crippen molar-refractivity contribution in [2.24, 2.45) is 0 Å². The highest BCUT2D eigenvalue weighted by Gasteiger charge is 2.14. The van der Waals surface area contributed by atoms with Crippen LogP contribution in [0.25, 0.3) is 21.9 Å². The Balaban J connectivity index is 1.92. The molecule has 27 heavy (non-hydrogen) atoms. The number of benzene rings is 3. The number of alkyl halides is 2. The molecule has 0 unspecified atom stereocenters. The van der Waals surface area contributed by atoms with Crippen molar-refractivity contribution in [1.82, 2.24) is 0 Å². The van der Waals surface area contributed by atoms with E-state index in [0.717, 1.165) is 48.8 Å². The Labute approximate surface area is 155 Å². The number of ether oxygens (including phenoxy) is 1. The Hall–Kier alpha value is -2.56. The van der Waals surface area contributed by atoms with Crippen LogP contribution in [0.15, 0.2) is 48.5 Å². The summed E-state index contributed by atoms with van der Waals surface area (Å²) in [6.45, 7) is -0.971. The molecule has 0 aliphatic heterocycles. The molecule has 0 spiro atoms. The van der Waals surface area contributed by atoms with E-state index < -0.39 is 24.0 Å². The maximum absolute atomic E-state index is 15.0. The molecular weight excluding hydrogens is 356 g/mol. The summed E-state index contributed by atoms with van der Waals surface area (Å²) in [6, 6.07) is 12.4. The lowest BCUT2D eigenvalue weighted by atomic mass is 9.97. The summed E-state index contributed by atoms with van der Waals surface area (Å²) in [4.78, 5) is 0. The summed E-state index contributed by atoms with van der Waals surface area (Å²) in [7, 11) is 0. The molecule has 3 aromatic carbocycles. The molecule has 0 heterocycles. The number of aryl methyl sites for hydroxylation is 1. The Bertz CT molecular complexity index is 937. The van der Waals surface area contributed by atoms with Crippen LogP contribution in [0.3, 0.4) is 0 Å². The monoisotopic (exact) mass is 376 g/mol. The number of unbranched alkanes of at least 4 members (excludes halogenated alkanes) is 2. The molecule has 0 N–H and O–H groups in total. The van der Waals surface area contributed by atoms with E-state index in [1.165, 1.54) is 6.07 Å². The smallest absolute Gasteiger partial charge is 0.387 e. The summed E-state index contributed by atoms with van der Waals surface area (Å²) in [5, 5.41) is 1.23. The van der Waals surface area contributed by atoms with Crippen molar-refractivity contribution in [2.75, 3.05) is 0 Å². The summed E-state index contributed by atoms with van der Waals surface area (Å²) >= 11 is 0.